The molecule has 3 heterocycles. The molecule has 122 valence electrons. The first kappa shape index (κ1) is 15.4. The van der Waals surface area contributed by atoms with E-state index in [0.29, 0.717) is 6.54 Å². The van der Waals surface area contributed by atoms with Crippen LogP contribution in [0.3, 0.4) is 0 Å². The van der Waals surface area contributed by atoms with Crippen LogP contribution in [0.4, 0.5) is 0 Å². The Morgan fingerprint density at radius 2 is 2.17 bits per heavy atom. The van der Waals surface area contributed by atoms with Crippen LogP contribution >= 0.6 is 22.7 Å². The number of ether oxygens (including phenoxy) is 1. The van der Waals surface area contributed by atoms with E-state index in [-0.39, 0.29) is 12.0 Å². The highest BCUT2D eigenvalue weighted by atomic mass is 32.1. The highest BCUT2D eigenvalue weighted by molar-refractivity contribution is 7.14. The molecule has 2 aliphatic rings. The molecule has 2 aromatic rings. The van der Waals surface area contributed by atoms with Crippen molar-refractivity contribution < 1.29 is 9.53 Å². The highest BCUT2D eigenvalue weighted by Gasteiger charge is 2.21. The van der Waals surface area contributed by atoms with Gasteiger partial charge >= 0.3 is 0 Å². The van der Waals surface area contributed by atoms with Gasteiger partial charge in [0.25, 0.3) is 5.91 Å². The van der Waals surface area contributed by atoms with Crippen molar-refractivity contribution in [3.05, 3.63) is 43.3 Å². The zero-order chi connectivity index (χ0) is 15.6. The van der Waals surface area contributed by atoms with E-state index in [1.165, 1.54) is 46.6 Å². The van der Waals surface area contributed by atoms with Crippen molar-refractivity contribution in [1.29, 1.82) is 0 Å². The maximum atomic E-state index is 12.4. The number of hydrogen-bond acceptors (Lipinski definition) is 4. The quantitative estimate of drug-likeness (QED) is 0.886. The lowest BCUT2D eigenvalue weighted by atomic mass is 9.96. The molecule has 1 atom stereocenters. The topological polar surface area (TPSA) is 38.3 Å². The Morgan fingerprint density at radius 1 is 1.26 bits per heavy atom. The van der Waals surface area contributed by atoms with Gasteiger partial charge in [-0.1, -0.05) is 0 Å². The van der Waals surface area contributed by atoms with E-state index in [1.54, 1.807) is 11.3 Å². The van der Waals surface area contributed by atoms with E-state index in [9.17, 15) is 4.79 Å². The van der Waals surface area contributed by atoms with E-state index in [1.807, 2.05) is 23.5 Å². The van der Waals surface area contributed by atoms with Gasteiger partial charge in [-0.05, 0) is 67.2 Å². The number of hydrogen-bond donors (Lipinski definition) is 1. The molecule has 0 spiro atoms. The predicted molar refractivity (Wildman–Crippen MR) is 94.4 cm³/mol. The van der Waals surface area contributed by atoms with Gasteiger partial charge < -0.3 is 10.1 Å². The Kier molecular flexibility index (Phi) is 4.51. The molecule has 1 amide bonds. The van der Waals surface area contributed by atoms with Gasteiger partial charge in [0, 0.05) is 22.9 Å². The van der Waals surface area contributed by atoms with Crippen LogP contribution in [0.5, 0.6) is 0 Å². The second-order valence-electron chi connectivity index (χ2n) is 6.26. The summed E-state index contributed by atoms with van der Waals surface area (Å²) in [6.07, 6.45) is 7.36. The molecule has 0 saturated carbocycles. The molecule has 2 aromatic heterocycles. The zero-order valence-electron chi connectivity index (χ0n) is 13.1. The van der Waals surface area contributed by atoms with E-state index < -0.39 is 0 Å². The van der Waals surface area contributed by atoms with E-state index in [0.717, 1.165) is 24.3 Å². The monoisotopic (exact) mass is 347 g/mol. The number of carbonyl (C=O) groups excluding carboxylic acids is 1. The van der Waals surface area contributed by atoms with Crippen LogP contribution in [0, 0.1) is 0 Å². The molecular weight excluding hydrogens is 326 g/mol. The molecule has 5 heteroatoms. The fourth-order valence-corrected chi connectivity index (χ4v) is 5.58. The molecule has 0 unspecified atom stereocenters. The fraction of sp³-hybridized carbons (Fsp3) is 0.500. The smallest absolute Gasteiger partial charge is 0.261 e. The van der Waals surface area contributed by atoms with Gasteiger partial charge in [-0.3, -0.25) is 4.79 Å². The second kappa shape index (κ2) is 6.75. The molecule has 23 heavy (non-hydrogen) atoms. The lowest BCUT2D eigenvalue weighted by Crippen LogP contribution is -2.22. The molecule has 0 radical (unpaired) electrons. The Labute approximate surface area is 144 Å². The first-order valence-corrected chi connectivity index (χ1v) is 10.1. The van der Waals surface area contributed by atoms with Crippen molar-refractivity contribution in [1.82, 2.24) is 5.32 Å². The van der Waals surface area contributed by atoms with Gasteiger partial charge in [-0.2, -0.15) is 0 Å². The highest BCUT2D eigenvalue weighted by Crippen LogP contribution is 2.33. The van der Waals surface area contributed by atoms with Crippen LogP contribution < -0.4 is 5.32 Å². The largest absolute Gasteiger partial charge is 0.373 e. The van der Waals surface area contributed by atoms with Gasteiger partial charge in [0.1, 0.15) is 0 Å². The van der Waals surface area contributed by atoms with Crippen molar-refractivity contribution >= 4 is 28.6 Å². The van der Waals surface area contributed by atoms with Crippen LogP contribution in [-0.2, 0) is 24.1 Å². The first-order chi connectivity index (χ1) is 11.3. The first-order valence-electron chi connectivity index (χ1n) is 8.39. The Bertz CT molecular complexity index is 698. The molecule has 0 aromatic carbocycles. The minimum atomic E-state index is 0.0370. The summed E-state index contributed by atoms with van der Waals surface area (Å²) in [7, 11) is 0. The lowest BCUT2D eigenvalue weighted by molar-refractivity contribution is 0.0955. The zero-order valence-corrected chi connectivity index (χ0v) is 14.7. The number of fused-ring (bicyclic) bond motifs is 1. The van der Waals surface area contributed by atoms with Crippen LogP contribution in [0.15, 0.2) is 17.5 Å². The average molecular weight is 348 g/mol. The van der Waals surface area contributed by atoms with Crippen LogP contribution in [0.2, 0.25) is 0 Å². The summed E-state index contributed by atoms with van der Waals surface area (Å²) in [4.78, 5) is 15.9. The van der Waals surface area contributed by atoms with Crippen molar-refractivity contribution in [3.63, 3.8) is 0 Å². The number of aryl methyl sites for hydroxylation is 1. The fourth-order valence-electron chi connectivity index (χ4n) is 3.42. The van der Waals surface area contributed by atoms with E-state index in [2.05, 4.69) is 10.7 Å². The summed E-state index contributed by atoms with van der Waals surface area (Å²) < 4.78 is 5.69. The number of amides is 1. The van der Waals surface area contributed by atoms with Crippen LogP contribution in [-0.4, -0.2) is 12.5 Å². The molecule has 3 nitrogen and oxygen atoms in total. The minimum absolute atomic E-state index is 0.0370. The lowest BCUT2D eigenvalue weighted by Gasteiger charge is -2.13. The van der Waals surface area contributed by atoms with Crippen molar-refractivity contribution in [2.75, 3.05) is 6.61 Å². The third-order valence-corrected chi connectivity index (χ3v) is 7.00. The van der Waals surface area contributed by atoms with Gasteiger partial charge in [0.05, 0.1) is 11.0 Å². The Morgan fingerprint density at radius 3 is 3.04 bits per heavy atom. The summed E-state index contributed by atoms with van der Waals surface area (Å²) in [5, 5.41) is 5.32. The predicted octanol–water partition coefficient (Wildman–Crippen LogP) is 4.47. The average Bonchev–Trinajstić information content (AvgIpc) is 3.31. The Balaban J connectivity index is 1.39. The summed E-state index contributed by atoms with van der Waals surface area (Å²) in [6, 6.07) is 3.97. The van der Waals surface area contributed by atoms with Gasteiger partial charge in [-0.15, -0.1) is 22.7 Å². The number of carbonyl (C=O) groups is 1. The van der Waals surface area contributed by atoms with Crippen molar-refractivity contribution in [2.24, 2.45) is 0 Å². The number of nitrogens with one attached hydrogen (secondary N) is 1. The summed E-state index contributed by atoms with van der Waals surface area (Å²) in [5.41, 5.74) is 2.81. The summed E-state index contributed by atoms with van der Waals surface area (Å²) in [5.74, 6) is 0.0370. The molecule has 1 saturated heterocycles. The van der Waals surface area contributed by atoms with Gasteiger partial charge in [0.15, 0.2) is 0 Å². The van der Waals surface area contributed by atoms with Crippen LogP contribution in [0.25, 0.3) is 0 Å². The maximum absolute atomic E-state index is 12.4. The van der Waals surface area contributed by atoms with E-state index >= 15 is 0 Å². The third-order valence-electron chi connectivity index (χ3n) is 4.69. The molecule has 1 N–H and O–H groups in total. The molecule has 1 aliphatic carbocycles. The maximum Gasteiger partial charge on any atom is 0.261 e. The van der Waals surface area contributed by atoms with Crippen LogP contribution in [0.1, 0.15) is 62.3 Å². The summed E-state index contributed by atoms with van der Waals surface area (Å²) in [6.45, 7) is 1.49. The molecule has 4 rings (SSSR count). The second-order valence-corrected chi connectivity index (χ2v) is 8.34. The molecular formula is C18H21NO2S2. The van der Waals surface area contributed by atoms with E-state index in [4.69, 9.17) is 4.74 Å². The van der Waals surface area contributed by atoms with Gasteiger partial charge in [-0.25, -0.2) is 0 Å². The standard InChI is InChI=1S/C18H21NO2S2/c20-18(17-8-7-16(23-17)14-5-3-9-21-14)19-10-12-11-22-15-6-2-1-4-13(12)15/h7-8,11,14H,1-6,9-10H2,(H,19,20)/t14-/m1/s1. The minimum Gasteiger partial charge on any atom is -0.373 e. The third kappa shape index (κ3) is 3.23. The summed E-state index contributed by atoms with van der Waals surface area (Å²) >= 11 is 3.42. The molecule has 1 aliphatic heterocycles. The normalized spacial score (nSPS) is 20.4. The van der Waals surface area contributed by atoms with Crippen molar-refractivity contribution in [3.8, 4) is 0 Å². The molecule has 1 fully saturated rings. The SMILES string of the molecule is O=C(NCc1csc2c1CCCC2)c1ccc([C@H]2CCCO2)s1. The van der Waals surface area contributed by atoms with Gasteiger partial charge in [0.2, 0.25) is 0 Å². The van der Waals surface area contributed by atoms with Crippen molar-refractivity contribution in [2.45, 2.75) is 51.2 Å². The Hall–Kier alpha value is -1.17. The number of rotatable bonds is 4. The molecule has 0 bridgehead atoms. The number of thiophene rings is 2.